The number of hydrazone groups is 1. The van der Waals surface area contributed by atoms with Crippen molar-refractivity contribution in [2.45, 2.75) is 31.9 Å². The number of rotatable bonds is 8. The molecule has 3 aromatic rings. The van der Waals surface area contributed by atoms with Crippen LogP contribution in [0.25, 0.3) is 6.08 Å². The van der Waals surface area contributed by atoms with Gasteiger partial charge in [0.1, 0.15) is 17.1 Å². The Kier molecular flexibility index (Phi) is 7.01. The lowest BCUT2D eigenvalue weighted by Gasteiger charge is -2.30. The average Bonchev–Trinajstić information content (AvgIpc) is 3.40. The summed E-state index contributed by atoms with van der Waals surface area (Å²) in [5, 5.41) is 18.2. The van der Waals surface area contributed by atoms with Crippen LogP contribution in [0.2, 0.25) is 0 Å². The van der Waals surface area contributed by atoms with Crippen molar-refractivity contribution in [3.63, 3.8) is 0 Å². The summed E-state index contributed by atoms with van der Waals surface area (Å²) in [6, 6.07) is 13.7. The fourth-order valence-corrected chi connectivity index (χ4v) is 5.03. The fourth-order valence-electron chi connectivity index (χ4n) is 5.03. The predicted octanol–water partition coefficient (Wildman–Crippen LogP) is 6.17. The van der Waals surface area contributed by atoms with E-state index in [9.17, 15) is 10.1 Å². The molecule has 0 fully saturated rings. The number of fused-ring (bicyclic) bond motifs is 1. The maximum absolute atomic E-state index is 11.3. The van der Waals surface area contributed by atoms with Gasteiger partial charge in [0.25, 0.3) is 5.69 Å². The van der Waals surface area contributed by atoms with E-state index in [1.807, 2.05) is 55.3 Å². The third-order valence-electron chi connectivity index (χ3n) is 7.01. The summed E-state index contributed by atoms with van der Waals surface area (Å²) in [4.78, 5) is 10.9. The SMILES string of the molecule is COc1ccc(C2=NN(c3ccc([N+](=O)[O-])cc3)C(c3cc(OC)c(OC)c(OC)c3)C2)c2c1C=CC(C)(C)O2. The molecule has 0 N–H and O–H groups in total. The van der Waals surface area contributed by atoms with Gasteiger partial charge in [-0.2, -0.15) is 5.10 Å². The molecule has 3 aromatic carbocycles. The van der Waals surface area contributed by atoms with E-state index in [-0.39, 0.29) is 11.7 Å². The van der Waals surface area contributed by atoms with Crippen LogP contribution in [0.5, 0.6) is 28.7 Å². The highest BCUT2D eigenvalue weighted by Gasteiger charge is 2.35. The lowest BCUT2D eigenvalue weighted by molar-refractivity contribution is -0.384. The summed E-state index contributed by atoms with van der Waals surface area (Å²) in [5.41, 5.74) is 3.54. The quantitative estimate of drug-likeness (QED) is 0.245. The molecule has 10 nitrogen and oxygen atoms in total. The van der Waals surface area contributed by atoms with E-state index in [0.717, 1.165) is 22.4 Å². The summed E-state index contributed by atoms with van der Waals surface area (Å²) < 4.78 is 28.8. The minimum absolute atomic E-state index is 0.00290. The number of ether oxygens (including phenoxy) is 5. The molecule has 0 saturated carbocycles. The largest absolute Gasteiger partial charge is 0.496 e. The minimum atomic E-state index is -0.512. The van der Waals surface area contributed by atoms with E-state index in [1.165, 1.54) is 12.1 Å². The molecule has 0 saturated heterocycles. The normalized spacial score (nSPS) is 17.0. The van der Waals surface area contributed by atoms with Crippen LogP contribution in [0.15, 0.2) is 59.7 Å². The summed E-state index contributed by atoms with van der Waals surface area (Å²) in [5.74, 6) is 2.93. The Labute approximate surface area is 232 Å². The predicted molar refractivity (Wildman–Crippen MR) is 152 cm³/mol. The van der Waals surface area contributed by atoms with Gasteiger partial charge < -0.3 is 23.7 Å². The van der Waals surface area contributed by atoms with Gasteiger partial charge in [0.05, 0.1) is 56.4 Å². The first-order chi connectivity index (χ1) is 19.2. The summed E-state index contributed by atoms with van der Waals surface area (Å²) in [6.07, 6.45) is 4.53. The van der Waals surface area contributed by atoms with Crippen molar-refractivity contribution in [1.29, 1.82) is 0 Å². The second-order valence-corrected chi connectivity index (χ2v) is 9.94. The van der Waals surface area contributed by atoms with Gasteiger partial charge in [0, 0.05) is 24.1 Å². The topological polar surface area (TPSA) is 105 Å². The second kappa shape index (κ2) is 10.4. The Hall–Kier alpha value is -4.73. The van der Waals surface area contributed by atoms with Gasteiger partial charge in [0.15, 0.2) is 11.5 Å². The number of nitro groups is 1. The number of non-ortho nitro benzene ring substituents is 1. The van der Waals surface area contributed by atoms with Crippen LogP contribution in [0.4, 0.5) is 11.4 Å². The third kappa shape index (κ3) is 4.76. The molecule has 0 bridgehead atoms. The van der Waals surface area contributed by atoms with Crippen molar-refractivity contribution in [3.8, 4) is 28.7 Å². The van der Waals surface area contributed by atoms with Crippen molar-refractivity contribution >= 4 is 23.2 Å². The first kappa shape index (κ1) is 26.9. The second-order valence-electron chi connectivity index (χ2n) is 9.94. The highest BCUT2D eigenvalue weighted by Crippen LogP contribution is 2.47. The van der Waals surface area contributed by atoms with Crippen LogP contribution < -0.4 is 28.7 Å². The number of nitrogens with zero attached hydrogens (tertiary/aromatic N) is 3. The molecule has 2 heterocycles. The van der Waals surface area contributed by atoms with Gasteiger partial charge in [-0.05, 0) is 68.0 Å². The van der Waals surface area contributed by atoms with Gasteiger partial charge in [-0.1, -0.05) is 0 Å². The van der Waals surface area contributed by atoms with Gasteiger partial charge in [-0.15, -0.1) is 0 Å². The van der Waals surface area contributed by atoms with Gasteiger partial charge >= 0.3 is 0 Å². The monoisotopic (exact) mass is 545 g/mol. The number of nitro benzene ring substituents is 1. The van der Waals surface area contributed by atoms with Crippen LogP contribution in [0.1, 0.15) is 43.0 Å². The van der Waals surface area contributed by atoms with E-state index in [2.05, 4.69) is 0 Å². The standard InChI is InChI=1S/C30H31N3O7/c1-30(2)14-13-22-25(36-3)12-11-21(28(22)40-30)23-17-24(18-15-26(37-4)29(39-6)27(16-18)38-5)32(31-23)19-7-9-20(10-8-19)33(34)35/h7-16,24H,17H2,1-6H3. The Bertz CT molecular complexity index is 1490. The lowest BCUT2D eigenvalue weighted by Crippen LogP contribution is -2.28. The Morgan fingerprint density at radius 3 is 2.17 bits per heavy atom. The number of benzene rings is 3. The number of methoxy groups -OCH3 is 4. The van der Waals surface area contributed by atoms with Crippen molar-refractivity contribution in [2.24, 2.45) is 5.10 Å². The molecule has 2 aliphatic heterocycles. The van der Waals surface area contributed by atoms with Gasteiger partial charge in [0.2, 0.25) is 5.75 Å². The molecule has 2 aliphatic rings. The number of hydrogen-bond donors (Lipinski definition) is 0. The zero-order valence-corrected chi connectivity index (χ0v) is 23.3. The Morgan fingerprint density at radius 2 is 1.60 bits per heavy atom. The van der Waals surface area contributed by atoms with E-state index in [1.54, 1.807) is 40.6 Å². The molecule has 0 aromatic heterocycles. The van der Waals surface area contributed by atoms with Crippen LogP contribution in [0.3, 0.4) is 0 Å². The maximum atomic E-state index is 11.3. The summed E-state index contributed by atoms with van der Waals surface area (Å²) in [6.45, 7) is 3.99. The summed E-state index contributed by atoms with van der Waals surface area (Å²) >= 11 is 0. The molecular weight excluding hydrogens is 514 g/mol. The van der Waals surface area contributed by atoms with Crippen molar-refractivity contribution in [1.82, 2.24) is 0 Å². The first-order valence-corrected chi connectivity index (χ1v) is 12.7. The van der Waals surface area contributed by atoms with Crippen molar-refractivity contribution < 1.29 is 28.6 Å². The van der Waals surface area contributed by atoms with Gasteiger partial charge in [-0.3, -0.25) is 15.1 Å². The van der Waals surface area contributed by atoms with E-state index in [0.29, 0.717) is 40.9 Å². The molecule has 1 atom stereocenters. The molecule has 40 heavy (non-hydrogen) atoms. The molecule has 1 unspecified atom stereocenters. The van der Waals surface area contributed by atoms with Crippen molar-refractivity contribution in [2.75, 3.05) is 33.4 Å². The first-order valence-electron chi connectivity index (χ1n) is 12.7. The molecule has 10 heteroatoms. The molecule has 5 rings (SSSR count). The fraction of sp³-hybridized carbons (Fsp3) is 0.300. The lowest BCUT2D eigenvalue weighted by atomic mass is 9.93. The molecule has 0 aliphatic carbocycles. The Morgan fingerprint density at radius 1 is 0.950 bits per heavy atom. The molecule has 0 radical (unpaired) electrons. The summed E-state index contributed by atoms with van der Waals surface area (Å²) in [7, 11) is 6.33. The van der Waals surface area contributed by atoms with E-state index >= 15 is 0 Å². The number of hydrogen-bond acceptors (Lipinski definition) is 9. The van der Waals surface area contributed by atoms with Crippen LogP contribution in [0, 0.1) is 10.1 Å². The van der Waals surface area contributed by atoms with Gasteiger partial charge in [-0.25, -0.2) is 0 Å². The molecule has 0 spiro atoms. The molecule has 208 valence electrons. The van der Waals surface area contributed by atoms with Crippen LogP contribution >= 0.6 is 0 Å². The average molecular weight is 546 g/mol. The maximum Gasteiger partial charge on any atom is 0.269 e. The highest BCUT2D eigenvalue weighted by molar-refractivity contribution is 6.06. The van der Waals surface area contributed by atoms with Crippen LogP contribution in [-0.2, 0) is 0 Å². The third-order valence-corrected chi connectivity index (χ3v) is 7.01. The number of anilines is 1. The zero-order valence-electron chi connectivity index (χ0n) is 23.3. The molecular formula is C30H31N3O7. The highest BCUT2D eigenvalue weighted by atomic mass is 16.6. The zero-order chi connectivity index (χ0) is 28.6. The Balaban J connectivity index is 1.65. The van der Waals surface area contributed by atoms with Crippen molar-refractivity contribution in [3.05, 3.63) is 81.4 Å². The van der Waals surface area contributed by atoms with E-state index in [4.69, 9.17) is 28.8 Å². The minimum Gasteiger partial charge on any atom is -0.496 e. The smallest absolute Gasteiger partial charge is 0.269 e. The van der Waals surface area contributed by atoms with E-state index < -0.39 is 10.5 Å². The molecule has 0 amide bonds. The van der Waals surface area contributed by atoms with Crippen LogP contribution in [-0.4, -0.2) is 44.7 Å².